The second-order valence-corrected chi connectivity index (χ2v) is 7.69. The summed E-state index contributed by atoms with van der Waals surface area (Å²) in [4.78, 5) is 8.80. The summed E-state index contributed by atoms with van der Waals surface area (Å²) in [5, 5.41) is 8.13. The number of nitrogens with one attached hydrogen (secondary N) is 1. The zero-order chi connectivity index (χ0) is 16.7. The lowest BCUT2D eigenvalue weighted by Crippen LogP contribution is -2.35. The fourth-order valence-corrected chi connectivity index (χ4v) is 3.59. The van der Waals surface area contributed by atoms with Gasteiger partial charge in [0.05, 0.1) is 5.69 Å². The Balaban J connectivity index is 0.00000121. The predicted octanol–water partition coefficient (Wildman–Crippen LogP) is 3.23. The third-order valence-corrected chi connectivity index (χ3v) is 5.47. The van der Waals surface area contributed by atoms with Gasteiger partial charge in [0.1, 0.15) is 12.1 Å². The summed E-state index contributed by atoms with van der Waals surface area (Å²) < 4.78 is 2.14. The van der Waals surface area contributed by atoms with Gasteiger partial charge < -0.3 is 11.1 Å². The topological polar surface area (TPSA) is 81.7 Å². The normalized spacial score (nSPS) is 22.6. The molecule has 0 bridgehead atoms. The number of nitrogens with two attached hydrogens (primary N) is 1. The molecule has 2 fully saturated rings. The third kappa shape index (κ3) is 4.48. The second-order valence-electron chi connectivity index (χ2n) is 7.69. The highest BCUT2D eigenvalue weighted by molar-refractivity contribution is 5.85. The van der Waals surface area contributed by atoms with Crippen LogP contribution < -0.4 is 11.1 Å². The minimum Gasteiger partial charge on any atom is -0.369 e. The van der Waals surface area contributed by atoms with Crippen LogP contribution in [0.2, 0.25) is 0 Å². The van der Waals surface area contributed by atoms with E-state index in [1.807, 2.05) is 0 Å². The number of anilines is 1. The molecule has 2 heterocycles. The molecule has 0 aromatic carbocycles. The van der Waals surface area contributed by atoms with Gasteiger partial charge in [0.25, 0.3) is 0 Å². The number of halogens is 2. The van der Waals surface area contributed by atoms with Crippen molar-refractivity contribution in [2.24, 2.45) is 11.1 Å². The molecule has 4 rings (SSSR count). The molecule has 3 N–H and O–H groups in total. The van der Waals surface area contributed by atoms with E-state index in [2.05, 4.69) is 51.0 Å². The number of aryl methyl sites for hydroxylation is 2. The van der Waals surface area contributed by atoms with Crippen LogP contribution in [0.15, 0.2) is 18.5 Å². The van der Waals surface area contributed by atoms with E-state index in [0.29, 0.717) is 17.4 Å². The minimum absolute atomic E-state index is 0. The van der Waals surface area contributed by atoms with Gasteiger partial charge in [0.2, 0.25) is 0 Å². The molecule has 0 unspecified atom stereocenters. The number of rotatable bonds is 6. The van der Waals surface area contributed by atoms with Crippen LogP contribution in [0, 0.1) is 19.3 Å². The van der Waals surface area contributed by atoms with E-state index in [1.54, 1.807) is 6.33 Å². The summed E-state index contributed by atoms with van der Waals surface area (Å²) in [6, 6.07) is 4.58. The lowest BCUT2D eigenvalue weighted by Gasteiger charge is -2.31. The molecular weight excluding hydrogens is 371 g/mol. The molecule has 2 aliphatic rings. The van der Waals surface area contributed by atoms with Gasteiger partial charge >= 0.3 is 0 Å². The van der Waals surface area contributed by atoms with Crippen molar-refractivity contribution in [2.45, 2.75) is 58.0 Å². The van der Waals surface area contributed by atoms with E-state index in [4.69, 9.17) is 5.73 Å². The maximum atomic E-state index is 5.89. The first-order chi connectivity index (χ1) is 11.5. The van der Waals surface area contributed by atoms with E-state index >= 15 is 0 Å². The van der Waals surface area contributed by atoms with Crippen molar-refractivity contribution in [2.75, 3.05) is 11.9 Å². The Morgan fingerprint density at radius 3 is 2.50 bits per heavy atom. The van der Waals surface area contributed by atoms with E-state index in [9.17, 15) is 0 Å². The van der Waals surface area contributed by atoms with Crippen LogP contribution in [-0.4, -0.2) is 32.3 Å². The van der Waals surface area contributed by atoms with E-state index in [0.717, 1.165) is 43.1 Å². The summed E-state index contributed by atoms with van der Waals surface area (Å²) in [7, 11) is 0. The molecule has 2 saturated carbocycles. The standard InChI is InChI=1S/C18H26N6.2ClH/c1-12-5-13(2)24(23-12)10-18(3-4-18)9-20-17-8-16(21-11-22-17)14-6-15(19)7-14;;/h5,8,11,14-15H,3-4,6-7,9-10,19H2,1-2H3,(H,20,21,22);2*1H. The molecule has 0 aliphatic heterocycles. The van der Waals surface area contributed by atoms with Crippen LogP contribution in [-0.2, 0) is 6.54 Å². The molecule has 0 atom stereocenters. The molecule has 2 aromatic rings. The Bertz CT molecular complexity index is 737. The van der Waals surface area contributed by atoms with E-state index < -0.39 is 0 Å². The highest BCUT2D eigenvalue weighted by Crippen LogP contribution is 2.47. The SMILES string of the molecule is Cc1cc(C)n(CC2(CNc3cc(C4CC(N)C4)ncn3)CC2)n1.Cl.Cl. The molecule has 144 valence electrons. The van der Waals surface area contributed by atoms with Crippen molar-refractivity contribution < 1.29 is 0 Å². The molecule has 0 spiro atoms. The van der Waals surface area contributed by atoms with Crippen LogP contribution >= 0.6 is 24.8 Å². The average Bonchev–Trinajstić information content (AvgIpc) is 3.22. The van der Waals surface area contributed by atoms with Gasteiger partial charge in [0, 0.05) is 47.9 Å². The first-order valence-corrected chi connectivity index (χ1v) is 8.85. The quantitative estimate of drug-likeness (QED) is 0.780. The van der Waals surface area contributed by atoms with Crippen molar-refractivity contribution in [3.63, 3.8) is 0 Å². The summed E-state index contributed by atoms with van der Waals surface area (Å²) >= 11 is 0. The Morgan fingerprint density at radius 1 is 1.19 bits per heavy atom. The molecule has 0 amide bonds. The number of hydrogen-bond acceptors (Lipinski definition) is 5. The average molecular weight is 399 g/mol. The highest BCUT2D eigenvalue weighted by Gasteiger charge is 2.43. The molecule has 0 radical (unpaired) electrons. The van der Waals surface area contributed by atoms with Crippen LogP contribution in [0.1, 0.15) is 48.7 Å². The van der Waals surface area contributed by atoms with E-state index in [1.165, 1.54) is 18.5 Å². The van der Waals surface area contributed by atoms with Crippen LogP contribution in [0.4, 0.5) is 5.82 Å². The molecule has 2 aliphatic carbocycles. The van der Waals surface area contributed by atoms with E-state index in [-0.39, 0.29) is 24.8 Å². The zero-order valence-corrected chi connectivity index (χ0v) is 16.9. The second kappa shape index (κ2) is 8.11. The molecule has 0 saturated heterocycles. The lowest BCUT2D eigenvalue weighted by molar-refractivity contribution is 0.345. The Kier molecular flexibility index (Phi) is 6.53. The largest absolute Gasteiger partial charge is 0.369 e. The fraction of sp³-hybridized carbons (Fsp3) is 0.611. The Labute approximate surface area is 167 Å². The van der Waals surface area contributed by atoms with Crippen LogP contribution in [0.5, 0.6) is 0 Å². The van der Waals surface area contributed by atoms with Crippen molar-refractivity contribution in [1.82, 2.24) is 19.7 Å². The summed E-state index contributed by atoms with van der Waals surface area (Å²) in [5.41, 5.74) is 9.66. The molecule has 26 heavy (non-hydrogen) atoms. The smallest absolute Gasteiger partial charge is 0.129 e. The van der Waals surface area contributed by atoms with Gasteiger partial charge in [0.15, 0.2) is 0 Å². The van der Waals surface area contributed by atoms with Crippen molar-refractivity contribution in [1.29, 1.82) is 0 Å². The van der Waals surface area contributed by atoms with Crippen molar-refractivity contribution >= 4 is 30.6 Å². The Hall–Kier alpha value is -1.37. The van der Waals surface area contributed by atoms with Crippen LogP contribution in [0.25, 0.3) is 0 Å². The fourth-order valence-electron chi connectivity index (χ4n) is 3.59. The van der Waals surface area contributed by atoms with Crippen LogP contribution in [0.3, 0.4) is 0 Å². The lowest BCUT2D eigenvalue weighted by atomic mass is 9.78. The Morgan fingerprint density at radius 2 is 1.92 bits per heavy atom. The van der Waals surface area contributed by atoms with Gasteiger partial charge in [-0.25, -0.2) is 9.97 Å². The molecule has 8 heteroatoms. The first-order valence-electron chi connectivity index (χ1n) is 8.85. The van der Waals surface area contributed by atoms with Gasteiger partial charge in [-0.2, -0.15) is 5.10 Å². The number of hydrogen-bond donors (Lipinski definition) is 2. The molecule has 2 aromatic heterocycles. The summed E-state index contributed by atoms with van der Waals surface area (Å²) in [6.45, 7) is 6.10. The zero-order valence-electron chi connectivity index (χ0n) is 15.3. The minimum atomic E-state index is 0. The maximum absolute atomic E-state index is 5.89. The maximum Gasteiger partial charge on any atom is 0.129 e. The predicted molar refractivity (Wildman–Crippen MR) is 108 cm³/mol. The van der Waals surface area contributed by atoms with Crippen molar-refractivity contribution in [3.8, 4) is 0 Å². The van der Waals surface area contributed by atoms with Gasteiger partial charge in [-0.05, 0) is 45.6 Å². The van der Waals surface area contributed by atoms with Gasteiger partial charge in [-0.3, -0.25) is 4.68 Å². The highest BCUT2D eigenvalue weighted by atomic mass is 35.5. The molecule has 6 nitrogen and oxygen atoms in total. The number of aromatic nitrogens is 4. The van der Waals surface area contributed by atoms with Gasteiger partial charge in [-0.1, -0.05) is 0 Å². The third-order valence-electron chi connectivity index (χ3n) is 5.47. The molecular formula is C18H28Cl2N6. The number of nitrogens with zero attached hydrogens (tertiary/aromatic N) is 4. The summed E-state index contributed by atoms with van der Waals surface area (Å²) in [6.07, 6.45) is 6.24. The summed E-state index contributed by atoms with van der Waals surface area (Å²) in [5.74, 6) is 1.44. The monoisotopic (exact) mass is 398 g/mol. The van der Waals surface area contributed by atoms with Gasteiger partial charge in [-0.15, -0.1) is 24.8 Å². The van der Waals surface area contributed by atoms with Crippen molar-refractivity contribution in [3.05, 3.63) is 35.5 Å². The first kappa shape index (κ1) is 20.9.